The Balaban J connectivity index is 1.50. The van der Waals surface area contributed by atoms with Crippen molar-refractivity contribution >= 4 is 23.9 Å². The summed E-state index contributed by atoms with van der Waals surface area (Å²) in [4.78, 5) is 51.3. The van der Waals surface area contributed by atoms with Gasteiger partial charge in [-0.3, -0.25) is 9.59 Å². The molecule has 0 fully saturated rings. The first-order valence-corrected chi connectivity index (χ1v) is 10.8. The molecule has 0 heterocycles. The van der Waals surface area contributed by atoms with E-state index in [0.717, 1.165) is 6.07 Å². The molecule has 0 aliphatic heterocycles. The van der Waals surface area contributed by atoms with Crippen molar-refractivity contribution in [2.45, 2.75) is 0 Å². The SMILES string of the molecule is O=C(Oc1ccccc1)Oc1cc(OC(=O)Oc2ccccc2)c2c(c1)C(=O)c1ccccc1C2=O. The van der Waals surface area contributed by atoms with Gasteiger partial charge in [0.2, 0.25) is 0 Å². The lowest BCUT2D eigenvalue weighted by atomic mass is 9.83. The Bertz CT molecular complexity index is 1490. The molecule has 5 rings (SSSR count). The third kappa shape index (κ3) is 4.55. The Morgan fingerprint density at radius 3 is 1.53 bits per heavy atom. The summed E-state index contributed by atoms with van der Waals surface area (Å²) in [7, 11) is 0. The van der Waals surface area contributed by atoms with Crippen LogP contribution in [0.15, 0.2) is 97.1 Å². The van der Waals surface area contributed by atoms with E-state index in [-0.39, 0.29) is 45.3 Å². The molecule has 8 nitrogen and oxygen atoms in total. The maximum atomic E-state index is 13.3. The lowest BCUT2D eigenvalue weighted by molar-refractivity contribution is 0.0974. The summed E-state index contributed by atoms with van der Waals surface area (Å²) in [5.74, 6) is -1.04. The van der Waals surface area contributed by atoms with E-state index < -0.39 is 23.9 Å². The predicted octanol–water partition coefficient (Wildman–Crippen LogP) is 5.62. The highest BCUT2D eigenvalue weighted by Crippen LogP contribution is 2.37. The molecule has 0 saturated carbocycles. The molecule has 0 radical (unpaired) electrons. The van der Waals surface area contributed by atoms with Crippen LogP contribution in [0.4, 0.5) is 9.59 Å². The van der Waals surface area contributed by atoms with Crippen molar-refractivity contribution in [3.63, 3.8) is 0 Å². The van der Waals surface area contributed by atoms with Crippen molar-refractivity contribution < 1.29 is 38.1 Å². The zero-order valence-electron chi connectivity index (χ0n) is 18.5. The second kappa shape index (κ2) is 9.55. The van der Waals surface area contributed by atoms with Crippen LogP contribution in [0, 0.1) is 0 Å². The summed E-state index contributed by atoms with van der Waals surface area (Å²) in [6.07, 6.45) is -2.24. The molecule has 0 spiro atoms. The molecule has 0 atom stereocenters. The van der Waals surface area contributed by atoms with Crippen LogP contribution in [0.2, 0.25) is 0 Å². The number of ketones is 2. The third-order valence-corrected chi connectivity index (χ3v) is 5.25. The smallest absolute Gasteiger partial charge is 0.395 e. The van der Waals surface area contributed by atoms with Crippen molar-refractivity contribution in [3.8, 4) is 23.0 Å². The fraction of sp³-hybridized carbons (Fsp3) is 0. The van der Waals surface area contributed by atoms with Gasteiger partial charge in [-0.25, -0.2) is 9.59 Å². The highest BCUT2D eigenvalue weighted by atomic mass is 16.7. The van der Waals surface area contributed by atoms with E-state index in [4.69, 9.17) is 18.9 Å². The minimum absolute atomic E-state index is 0.0915. The summed E-state index contributed by atoms with van der Waals surface area (Å²) in [6.45, 7) is 0. The molecule has 0 aromatic heterocycles. The molecule has 0 saturated heterocycles. The van der Waals surface area contributed by atoms with Gasteiger partial charge in [-0.05, 0) is 30.3 Å². The Morgan fingerprint density at radius 2 is 0.944 bits per heavy atom. The molecule has 0 bridgehead atoms. The maximum absolute atomic E-state index is 13.3. The van der Waals surface area contributed by atoms with Crippen LogP contribution >= 0.6 is 0 Å². The number of benzene rings is 4. The van der Waals surface area contributed by atoms with E-state index in [2.05, 4.69) is 0 Å². The largest absolute Gasteiger partial charge is 0.519 e. The molecule has 1 aliphatic rings. The number of fused-ring (bicyclic) bond motifs is 2. The zero-order chi connectivity index (χ0) is 25.1. The number of para-hydroxylation sites is 2. The van der Waals surface area contributed by atoms with Crippen molar-refractivity contribution in [2.24, 2.45) is 0 Å². The number of carbonyl (C=O) groups excluding carboxylic acids is 4. The second-order valence-corrected chi connectivity index (χ2v) is 7.58. The fourth-order valence-corrected chi connectivity index (χ4v) is 3.70. The van der Waals surface area contributed by atoms with Crippen molar-refractivity contribution in [1.82, 2.24) is 0 Å². The number of rotatable bonds is 4. The minimum atomic E-state index is -1.15. The summed E-state index contributed by atoms with van der Waals surface area (Å²) in [5.41, 5.74) is 0.101. The molecule has 36 heavy (non-hydrogen) atoms. The van der Waals surface area contributed by atoms with Gasteiger partial charge in [0.25, 0.3) is 0 Å². The van der Waals surface area contributed by atoms with Gasteiger partial charge >= 0.3 is 12.3 Å². The Hall–Kier alpha value is -5.24. The first kappa shape index (κ1) is 22.5. The number of carbonyl (C=O) groups is 4. The van der Waals surface area contributed by atoms with Crippen molar-refractivity contribution in [2.75, 3.05) is 0 Å². The number of hydrogen-bond acceptors (Lipinski definition) is 8. The average Bonchev–Trinajstić information content (AvgIpc) is 2.88. The topological polar surface area (TPSA) is 105 Å². The third-order valence-electron chi connectivity index (χ3n) is 5.25. The lowest BCUT2D eigenvalue weighted by Gasteiger charge is -2.20. The Morgan fingerprint density at radius 1 is 0.472 bits per heavy atom. The van der Waals surface area contributed by atoms with E-state index in [1.165, 1.54) is 18.2 Å². The summed E-state index contributed by atoms with van der Waals surface area (Å²) >= 11 is 0. The van der Waals surface area contributed by atoms with Crippen LogP contribution < -0.4 is 18.9 Å². The number of ether oxygens (including phenoxy) is 4. The van der Waals surface area contributed by atoms with Gasteiger partial charge in [0.15, 0.2) is 11.6 Å². The zero-order valence-corrected chi connectivity index (χ0v) is 18.5. The van der Waals surface area contributed by atoms with Crippen LogP contribution in [-0.4, -0.2) is 23.9 Å². The van der Waals surface area contributed by atoms with E-state index >= 15 is 0 Å². The second-order valence-electron chi connectivity index (χ2n) is 7.58. The highest BCUT2D eigenvalue weighted by Gasteiger charge is 2.34. The minimum Gasteiger partial charge on any atom is -0.395 e. The standard InChI is InChI=1S/C28H16O8/c29-25-20-13-7-8-14-21(20)26(30)24-22(25)15-19(35-27(31)33-17-9-3-1-4-10-17)16-23(24)36-28(32)34-18-11-5-2-6-12-18/h1-16H. The van der Waals surface area contributed by atoms with Gasteiger partial charge < -0.3 is 18.9 Å². The summed E-state index contributed by atoms with van der Waals surface area (Å²) < 4.78 is 20.8. The maximum Gasteiger partial charge on any atom is 0.519 e. The fourth-order valence-electron chi connectivity index (χ4n) is 3.70. The monoisotopic (exact) mass is 480 g/mol. The van der Waals surface area contributed by atoms with Gasteiger partial charge in [-0.1, -0.05) is 60.7 Å². The molecule has 8 heteroatoms. The average molecular weight is 480 g/mol. The molecular weight excluding hydrogens is 464 g/mol. The Kier molecular flexibility index (Phi) is 5.98. The summed E-state index contributed by atoms with van der Waals surface area (Å²) in [5, 5.41) is 0. The van der Waals surface area contributed by atoms with Gasteiger partial charge in [-0.2, -0.15) is 0 Å². The van der Waals surface area contributed by atoms with E-state index in [0.29, 0.717) is 0 Å². The van der Waals surface area contributed by atoms with E-state index in [9.17, 15) is 19.2 Å². The quantitative estimate of drug-likeness (QED) is 0.241. The Labute approximate surface area is 204 Å². The van der Waals surface area contributed by atoms with E-state index in [1.807, 2.05) is 0 Å². The molecule has 176 valence electrons. The van der Waals surface area contributed by atoms with E-state index in [1.54, 1.807) is 72.8 Å². The highest BCUT2D eigenvalue weighted by molar-refractivity contribution is 6.29. The molecule has 4 aromatic rings. The van der Waals surface area contributed by atoms with Crippen molar-refractivity contribution in [1.29, 1.82) is 0 Å². The van der Waals surface area contributed by atoms with Crippen LogP contribution in [0.1, 0.15) is 31.8 Å². The molecular formula is C28H16O8. The normalized spacial score (nSPS) is 11.7. The van der Waals surface area contributed by atoms with Crippen molar-refractivity contribution in [3.05, 3.63) is 119 Å². The van der Waals surface area contributed by atoms with Gasteiger partial charge in [0, 0.05) is 22.8 Å². The van der Waals surface area contributed by atoms with Gasteiger partial charge in [0.05, 0.1) is 5.56 Å². The molecule has 4 aromatic carbocycles. The first-order valence-electron chi connectivity index (χ1n) is 10.8. The molecule has 0 amide bonds. The first-order chi connectivity index (χ1) is 17.5. The lowest BCUT2D eigenvalue weighted by Crippen LogP contribution is -2.24. The van der Waals surface area contributed by atoms with Crippen LogP contribution in [0.5, 0.6) is 23.0 Å². The van der Waals surface area contributed by atoms with Crippen LogP contribution in [-0.2, 0) is 0 Å². The van der Waals surface area contributed by atoms with Gasteiger partial charge in [0.1, 0.15) is 23.0 Å². The summed E-state index contributed by atoms with van der Waals surface area (Å²) in [6, 6.07) is 25.0. The molecule has 0 unspecified atom stereocenters. The predicted molar refractivity (Wildman–Crippen MR) is 126 cm³/mol. The molecule has 0 N–H and O–H groups in total. The van der Waals surface area contributed by atoms with Crippen LogP contribution in [0.3, 0.4) is 0 Å². The molecule has 1 aliphatic carbocycles. The van der Waals surface area contributed by atoms with Crippen LogP contribution in [0.25, 0.3) is 0 Å². The van der Waals surface area contributed by atoms with Gasteiger partial charge in [-0.15, -0.1) is 0 Å². The number of hydrogen-bond donors (Lipinski definition) is 0.